The number of amides is 3. The van der Waals surface area contributed by atoms with Crippen molar-refractivity contribution in [1.82, 2.24) is 14.6 Å². The number of carbonyl (C=O) groups excluding carboxylic acids is 3. The fourth-order valence-corrected chi connectivity index (χ4v) is 4.75. The molecule has 3 heterocycles. The molecule has 190 valence electrons. The number of furan rings is 1. The van der Waals surface area contributed by atoms with E-state index in [9.17, 15) is 14.4 Å². The number of ether oxygens (including phenoxy) is 2. The molecule has 1 fully saturated rings. The highest BCUT2D eigenvalue weighted by molar-refractivity contribution is 7.09. The molecule has 1 aliphatic heterocycles. The number of nitrogens with two attached hydrogens (primary N) is 2. The largest absolute Gasteiger partial charge is 0.497 e. The van der Waals surface area contributed by atoms with E-state index in [-0.39, 0.29) is 28.9 Å². The molecule has 0 radical (unpaired) electrons. The SMILES string of the molecule is COc1ccc([C@@H](C(=O)NC[C@@H]2CCCO2)N(Cc2ccco2)C(=O)c2snc(C(N)=O)c2N)cc1. The maximum Gasteiger partial charge on any atom is 0.270 e. The Morgan fingerprint density at radius 2 is 2.06 bits per heavy atom. The number of benzene rings is 1. The highest BCUT2D eigenvalue weighted by Crippen LogP contribution is 2.31. The second kappa shape index (κ2) is 11.2. The number of rotatable bonds is 10. The van der Waals surface area contributed by atoms with Crippen LogP contribution < -0.4 is 21.5 Å². The lowest BCUT2D eigenvalue weighted by atomic mass is 10.0. The van der Waals surface area contributed by atoms with E-state index >= 15 is 0 Å². The van der Waals surface area contributed by atoms with Crippen LogP contribution in [0.2, 0.25) is 0 Å². The van der Waals surface area contributed by atoms with E-state index < -0.39 is 23.8 Å². The van der Waals surface area contributed by atoms with Crippen molar-refractivity contribution >= 4 is 34.9 Å². The summed E-state index contributed by atoms with van der Waals surface area (Å²) in [6, 6.07) is 9.15. The molecule has 1 saturated heterocycles. The van der Waals surface area contributed by atoms with Gasteiger partial charge >= 0.3 is 0 Å². The predicted octanol–water partition coefficient (Wildman–Crippen LogP) is 2.10. The van der Waals surface area contributed by atoms with Crippen molar-refractivity contribution < 1.29 is 28.3 Å². The molecule has 3 amide bonds. The Balaban J connectivity index is 1.73. The standard InChI is InChI=1S/C24H27N5O6S/c1-33-15-8-6-14(7-9-15)20(23(31)27-12-16-4-2-10-34-16)29(13-17-5-3-11-35-17)24(32)21-18(25)19(22(26)30)28-36-21/h3,5-9,11,16,20H,2,4,10,12-13,25H2,1H3,(H2,26,30)(H,27,31)/t16-,20-/m0/s1. The Morgan fingerprint density at radius 3 is 2.64 bits per heavy atom. The average molecular weight is 514 g/mol. The first-order chi connectivity index (χ1) is 17.4. The van der Waals surface area contributed by atoms with Crippen LogP contribution in [0.5, 0.6) is 5.75 Å². The van der Waals surface area contributed by atoms with Gasteiger partial charge in [-0.3, -0.25) is 14.4 Å². The van der Waals surface area contributed by atoms with Crippen LogP contribution in [-0.4, -0.2) is 53.4 Å². The molecular weight excluding hydrogens is 486 g/mol. The third-order valence-electron chi connectivity index (χ3n) is 5.84. The molecule has 2 atom stereocenters. The van der Waals surface area contributed by atoms with Gasteiger partial charge in [-0.1, -0.05) is 12.1 Å². The maximum absolute atomic E-state index is 13.8. The molecule has 0 unspecified atom stereocenters. The Bertz CT molecular complexity index is 1200. The summed E-state index contributed by atoms with van der Waals surface area (Å²) in [4.78, 5) is 40.5. The van der Waals surface area contributed by atoms with Crippen molar-refractivity contribution in [3.63, 3.8) is 0 Å². The summed E-state index contributed by atoms with van der Waals surface area (Å²) in [5, 5.41) is 2.92. The van der Waals surface area contributed by atoms with E-state index in [1.165, 1.54) is 18.3 Å². The number of primary amides is 1. The number of nitrogens with one attached hydrogen (secondary N) is 1. The van der Waals surface area contributed by atoms with Gasteiger partial charge in [0.05, 0.1) is 31.7 Å². The van der Waals surface area contributed by atoms with Crippen LogP contribution in [0, 0.1) is 0 Å². The summed E-state index contributed by atoms with van der Waals surface area (Å²) < 4.78 is 20.3. The van der Waals surface area contributed by atoms with E-state index in [0.717, 1.165) is 24.4 Å². The maximum atomic E-state index is 13.8. The minimum atomic E-state index is -1.06. The van der Waals surface area contributed by atoms with Crippen molar-refractivity contribution in [2.75, 3.05) is 26.0 Å². The summed E-state index contributed by atoms with van der Waals surface area (Å²) >= 11 is 0.748. The van der Waals surface area contributed by atoms with Crippen LogP contribution in [-0.2, 0) is 16.1 Å². The van der Waals surface area contributed by atoms with Crippen LogP contribution in [0.4, 0.5) is 5.69 Å². The Labute approximate surface area is 211 Å². The predicted molar refractivity (Wildman–Crippen MR) is 131 cm³/mol. The first-order valence-electron chi connectivity index (χ1n) is 11.3. The molecule has 5 N–H and O–H groups in total. The fraction of sp³-hybridized carbons (Fsp3) is 0.333. The average Bonchev–Trinajstić information content (AvgIpc) is 3.65. The Morgan fingerprint density at radius 1 is 1.28 bits per heavy atom. The molecule has 2 aromatic heterocycles. The van der Waals surface area contributed by atoms with Gasteiger partial charge in [0.15, 0.2) is 5.69 Å². The van der Waals surface area contributed by atoms with Gasteiger partial charge in [0.1, 0.15) is 22.4 Å². The Kier molecular flexibility index (Phi) is 7.86. The van der Waals surface area contributed by atoms with E-state index in [1.54, 1.807) is 36.4 Å². The highest BCUT2D eigenvalue weighted by atomic mass is 32.1. The number of aromatic nitrogens is 1. The first kappa shape index (κ1) is 25.2. The summed E-state index contributed by atoms with van der Waals surface area (Å²) in [6.45, 7) is 0.917. The number of anilines is 1. The Hall–Kier alpha value is -3.90. The van der Waals surface area contributed by atoms with Gasteiger partial charge in [0.25, 0.3) is 11.8 Å². The summed E-state index contributed by atoms with van der Waals surface area (Å²) in [5.41, 5.74) is 11.6. The zero-order valence-electron chi connectivity index (χ0n) is 19.6. The van der Waals surface area contributed by atoms with Crippen LogP contribution in [0.15, 0.2) is 47.1 Å². The molecule has 0 bridgehead atoms. The second-order valence-electron chi connectivity index (χ2n) is 8.21. The molecule has 0 spiro atoms. The summed E-state index contributed by atoms with van der Waals surface area (Å²) in [7, 11) is 1.54. The number of nitrogen functional groups attached to an aromatic ring is 1. The number of nitrogens with zero attached hydrogens (tertiary/aromatic N) is 2. The van der Waals surface area contributed by atoms with Crippen LogP contribution in [0.25, 0.3) is 0 Å². The van der Waals surface area contributed by atoms with Crippen LogP contribution >= 0.6 is 11.5 Å². The molecule has 1 aromatic carbocycles. The fourth-order valence-electron chi connectivity index (χ4n) is 3.99. The van der Waals surface area contributed by atoms with E-state index in [4.69, 9.17) is 25.4 Å². The third kappa shape index (κ3) is 5.50. The lowest BCUT2D eigenvalue weighted by Crippen LogP contribution is -2.45. The van der Waals surface area contributed by atoms with E-state index in [0.29, 0.717) is 30.2 Å². The molecule has 0 saturated carbocycles. The normalized spacial score (nSPS) is 15.9. The second-order valence-corrected chi connectivity index (χ2v) is 8.98. The van der Waals surface area contributed by atoms with Crippen molar-refractivity contribution in [3.05, 3.63) is 64.6 Å². The van der Waals surface area contributed by atoms with E-state index in [2.05, 4.69) is 9.69 Å². The number of carbonyl (C=O) groups is 3. The van der Waals surface area contributed by atoms with Crippen molar-refractivity contribution in [2.45, 2.75) is 31.5 Å². The third-order valence-corrected chi connectivity index (χ3v) is 6.69. The lowest BCUT2D eigenvalue weighted by molar-refractivity contribution is -0.126. The quantitative estimate of drug-likeness (QED) is 0.371. The summed E-state index contributed by atoms with van der Waals surface area (Å²) in [6.07, 6.45) is 3.16. The molecule has 1 aliphatic rings. The highest BCUT2D eigenvalue weighted by Gasteiger charge is 2.36. The smallest absolute Gasteiger partial charge is 0.270 e. The molecule has 11 nitrogen and oxygen atoms in total. The van der Waals surface area contributed by atoms with Gasteiger partial charge in [-0.15, -0.1) is 0 Å². The van der Waals surface area contributed by atoms with Gasteiger partial charge in [-0.2, -0.15) is 4.37 Å². The minimum Gasteiger partial charge on any atom is -0.497 e. The van der Waals surface area contributed by atoms with Gasteiger partial charge < -0.3 is 35.6 Å². The zero-order valence-corrected chi connectivity index (χ0v) is 20.5. The molecular formula is C24H27N5O6S. The first-order valence-corrected chi connectivity index (χ1v) is 12.1. The van der Waals surface area contributed by atoms with Gasteiger partial charge in [0.2, 0.25) is 5.91 Å². The van der Waals surface area contributed by atoms with Gasteiger partial charge in [0, 0.05) is 13.2 Å². The molecule has 0 aliphatic carbocycles. The molecule has 12 heteroatoms. The summed E-state index contributed by atoms with van der Waals surface area (Å²) in [5.74, 6) is -0.803. The zero-order chi connectivity index (χ0) is 25.7. The monoisotopic (exact) mass is 513 g/mol. The molecule has 3 aromatic rings. The van der Waals surface area contributed by atoms with Crippen molar-refractivity contribution in [2.24, 2.45) is 5.73 Å². The van der Waals surface area contributed by atoms with E-state index in [1.807, 2.05) is 0 Å². The number of methoxy groups -OCH3 is 1. The van der Waals surface area contributed by atoms with Crippen molar-refractivity contribution in [1.29, 1.82) is 0 Å². The molecule has 36 heavy (non-hydrogen) atoms. The molecule has 4 rings (SSSR count). The van der Waals surface area contributed by atoms with Gasteiger partial charge in [-0.05, 0) is 54.2 Å². The van der Waals surface area contributed by atoms with Crippen molar-refractivity contribution in [3.8, 4) is 5.75 Å². The van der Waals surface area contributed by atoms with Crippen LogP contribution in [0.1, 0.15) is 50.4 Å². The lowest BCUT2D eigenvalue weighted by Gasteiger charge is -2.31. The van der Waals surface area contributed by atoms with Gasteiger partial charge in [-0.25, -0.2) is 0 Å². The number of hydrogen-bond acceptors (Lipinski definition) is 9. The minimum absolute atomic E-state index is 0.000735. The topological polar surface area (TPSA) is 163 Å². The van der Waals surface area contributed by atoms with Crippen LogP contribution in [0.3, 0.4) is 0 Å². The number of hydrogen-bond donors (Lipinski definition) is 3.